The number of pyridine rings is 3. The van der Waals surface area contributed by atoms with E-state index in [1.165, 1.54) is 66.5 Å². The van der Waals surface area contributed by atoms with Crippen LogP contribution in [0.15, 0.2) is 255 Å². The first-order valence-corrected chi connectivity index (χ1v) is 25.2. The first-order valence-electron chi connectivity index (χ1n) is 25.2. The van der Waals surface area contributed by atoms with Crippen LogP contribution in [0, 0.1) is 0 Å². The van der Waals surface area contributed by atoms with Crippen molar-refractivity contribution in [3.05, 3.63) is 300 Å². The van der Waals surface area contributed by atoms with Crippen LogP contribution in [0.5, 0.6) is 0 Å². The van der Waals surface area contributed by atoms with E-state index in [4.69, 9.17) is 15.0 Å². The molecule has 0 fully saturated rings. The van der Waals surface area contributed by atoms with Crippen LogP contribution in [0.25, 0.3) is 32.9 Å². The lowest BCUT2D eigenvalue weighted by atomic mass is 9.32. The van der Waals surface area contributed by atoms with Gasteiger partial charge >= 0.3 is 0 Å². The lowest BCUT2D eigenvalue weighted by molar-refractivity contribution is 0.726. The molecule has 2 atom stereocenters. The molecule has 0 amide bonds. The smallest absolute Gasteiger partial charge is 0.252 e. The van der Waals surface area contributed by atoms with Gasteiger partial charge in [0, 0.05) is 58.2 Å². The molecule has 6 heteroatoms. The van der Waals surface area contributed by atoms with Crippen LogP contribution in [-0.4, -0.2) is 21.7 Å². The number of hydrogen-bond donors (Lipinski definition) is 0. The third-order valence-electron chi connectivity index (χ3n) is 16.5. The second-order valence-electron chi connectivity index (χ2n) is 19.8. The van der Waals surface area contributed by atoms with Crippen molar-refractivity contribution in [1.82, 2.24) is 15.0 Å². The van der Waals surface area contributed by atoms with E-state index in [1.807, 2.05) is 12.4 Å². The summed E-state index contributed by atoms with van der Waals surface area (Å²) in [4.78, 5) is 20.9. The normalized spacial score (nSPS) is 17.3. The highest BCUT2D eigenvalue weighted by atomic mass is 15.2. The van der Waals surface area contributed by atoms with Crippen molar-refractivity contribution in [2.45, 2.75) is 10.8 Å². The van der Waals surface area contributed by atoms with Crippen LogP contribution in [-0.2, 0) is 10.8 Å². The topological polar surface area (TPSA) is 45.2 Å². The third-order valence-corrected chi connectivity index (χ3v) is 16.5. The molecule has 9 aromatic carbocycles. The van der Waals surface area contributed by atoms with E-state index in [-0.39, 0.29) is 6.71 Å². The molecule has 4 aliphatic rings. The molecule has 0 aliphatic carbocycles. The summed E-state index contributed by atoms with van der Waals surface area (Å²) in [6.45, 7) is -0.180. The lowest BCUT2D eigenvalue weighted by Crippen LogP contribution is -2.63. The molecule has 2 unspecified atom stereocenters. The maximum Gasteiger partial charge on any atom is 0.252 e. The molecule has 73 heavy (non-hydrogen) atoms. The van der Waals surface area contributed by atoms with E-state index in [1.54, 1.807) is 0 Å². The molecule has 0 saturated carbocycles. The first kappa shape index (κ1) is 40.4. The van der Waals surface area contributed by atoms with E-state index in [0.717, 1.165) is 61.4 Å². The van der Waals surface area contributed by atoms with Crippen molar-refractivity contribution in [2.24, 2.45) is 0 Å². The van der Waals surface area contributed by atoms with Crippen LogP contribution in [0.4, 0.5) is 34.1 Å². The molecule has 0 radical (unpaired) electrons. The summed E-state index contributed by atoms with van der Waals surface area (Å²) in [7, 11) is 0. The Balaban J connectivity index is 1.12. The van der Waals surface area contributed by atoms with Crippen LogP contribution < -0.4 is 26.2 Å². The standard InChI is InChI=1S/C67H42BN5/c1-4-20-43(21-5-1)61-49-29-11-10-28-48(49)50-40-59-60-65(62(50)71-61)73-58-37-15-13-31-52(58)67(45-24-8-3-9-25-45,47-27-19-39-70-42-47)54-33-17-35-56(64(54)73)68(60)55-34-16-32-53-63(55)72(59)57-36-14-12-30-51(57)66(53,44-22-6-2-7-23-44)46-26-18-38-69-41-46/h1-42H. The average molecular weight is 928 g/mol. The molecule has 16 rings (SSSR count). The van der Waals surface area contributed by atoms with Crippen LogP contribution in [0.1, 0.15) is 44.5 Å². The summed E-state index contributed by atoms with van der Waals surface area (Å²) < 4.78 is 0. The van der Waals surface area contributed by atoms with E-state index in [9.17, 15) is 0 Å². The molecule has 338 valence electrons. The largest absolute Gasteiger partial charge is 0.311 e. The maximum absolute atomic E-state index is 5.98. The van der Waals surface area contributed by atoms with Gasteiger partial charge in [-0.05, 0) is 96.6 Å². The molecule has 12 aromatic rings. The van der Waals surface area contributed by atoms with Gasteiger partial charge in [0.1, 0.15) is 0 Å². The fourth-order valence-electron chi connectivity index (χ4n) is 13.9. The van der Waals surface area contributed by atoms with Gasteiger partial charge < -0.3 is 9.80 Å². The highest BCUT2D eigenvalue weighted by Gasteiger charge is 2.56. The van der Waals surface area contributed by atoms with Gasteiger partial charge in [-0.25, -0.2) is 4.98 Å². The molecule has 7 heterocycles. The van der Waals surface area contributed by atoms with Crippen molar-refractivity contribution >= 4 is 78.9 Å². The summed E-state index contributed by atoms with van der Waals surface area (Å²) in [5, 5.41) is 3.40. The zero-order valence-corrected chi connectivity index (χ0v) is 39.6. The van der Waals surface area contributed by atoms with Gasteiger partial charge in [0.15, 0.2) is 0 Å². The SMILES string of the molecule is c1ccc(-c2nc3c4c5c(cc3c3ccccc23)N2c3ccccc3C(c3ccccc3)(c3cccnc3)c3cccc(c32)B5c2cccc3c2N4c2ccccc2C3(c2ccccc2)c2cccnc2)cc1. The van der Waals surface area contributed by atoms with E-state index in [0.29, 0.717) is 0 Å². The number of hydrogen-bond acceptors (Lipinski definition) is 5. The number of para-hydroxylation sites is 4. The molecule has 0 N–H and O–H groups in total. The molecule has 5 nitrogen and oxygen atoms in total. The quantitative estimate of drug-likeness (QED) is 0.127. The molecule has 0 spiro atoms. The van der Waals surface area contributed by atoms with Crippen LogP contribution >= 0.6 is 0 Å². The number of aromatic nitrogens is 3. The van der Waals surface area contributed by atoms with E-state index in [2.05, 4.69) is 253 Å². The van der Waals surface area contributed by atoms with Crippen molar-refractivity contribution in [3.63, 3.8) is 0 Å². The summed E-state index contributed by atoms with van der Waals surface area (Å²) in [6.07, 6.45) is 7.93. The second kappa shape index (κ2) is 15.1. The van der Waals surface area contributed by atoms with E-state index >= 15 is 0 Å². The zero-order valence-electron chi connectivity index (χ0n) is 39.6. The van der Waals surface area contributed by atoms with Gasteiger partial charge in [-0.2, -0.15) is 0 Å². The predicted molar refractivity (Wildman–Crippen MR) is 298 cm³/mol. The van der Waals surface area contributed by atoms with Crippen molar-refractivity contribution in [1.29, 1.82) is 0 Å². The Morgan fingerprint density at radius 3 is 1.41 bits per heavy atom. The summed E-state index contributed by atoms with van der Waals surface area (Å²) >= 11 is 0. The van der Waals surface area contributed by atoms with Gasteiger partial charge in [0.2, 0.25) is 0 Å². The fraction of sp³-hybridized carbons (Fsp3) is 0.0299. The average Bonchev–Trinajstić information content (AvgIpc) is 3.48. The molecular formula is C67H42BN5. The zero-order chi connectivity index (χ0) is 47.8. The number of rotatable bonds is 5. The minimum Gasteiger partial charge on any atom is -0.311 e. The molecular weight excluding hydrogens is 886 g/mol. The van der Waals surface area contributed by atoms with Gasteiger partial charge in [0.05, 0.1) is 39.1 Å². The first-order chi connectivity index (χ1) is 36.3. The monoisotopic (exact) mass is 927 g/mol. The second-order valence-corrected chi connectivity index (χ2v) is 19.8. The van der Waals surface area contributed by atoms with Gasteiger partial charge in [0.25, 0.3) is 6.71 Å². The Bertz CT molecular complexity index is 4130. The van der Waals surface area contributed by atoms with E-state index < -0.39 is 10.8 Å². The van der Waals surface area contributed by atoms with Crippen molar-refractivity contribution in [3.8, 4) is 11.3 Å². The highest BCUT2D eigenvalue weighted by Crippen LogP contribution is 2.62. The number of nitrogens with zero attached hydrogens (tertiary/aromatic N) is 5. The molecule has 0 bridgehead atoms. The Labute approximate surface area is 423 Å². The molecule has 0 saturated heterocycles. The Kier molecular flexibility index (Phi) is 8.33. The third kappa shape index (κ3) is 5.14. The van der Waals surface area contributed by atoms with Gasteiger partial charge in [-0.3, -0.25) is 9.97 Å². The minimum atomic E-state index is -0.716. The van der Waals surface area contributed by atoms with Gasteiger partial charge in [-0.1, -0.05) is 200 Å². The summed E-state index contributed by atoms with van der Waals surface area (Å²) in [6, 6.07) is 85.3. The molecule has 3 aromatic heterocycles. The van der Waals surface area contributed by atoms with Crippen LogP contribution in [0.2, 0.25) is 0 Å². The van der Waals surface area contributed by atoms with Crippen LogP contribution in [0.3, 0.4) is 0 Å². The van der Waals surface area contributed by atoms with Gasteiger partial charge in [-0.15, -0.1) is 0 Å². The number of benzene rings is 9. The number of fused-ring (bicyclic) bond motifs is 12. The van der Waals surface area contributed by atoms with Crippen molar-refractivity contribution in [2.75, 3.05) is 9.80 Å². The minimum absolute atomic E-state index is 0.180. The molecule has 4 aliphatic heterocycles. The Morgan fingerprint density at radius 2 is 0.836 bits per heavy atom. The Morgan fingerprint density at radius 1 is 0.356 bits per heavy atom. The highest BCUT2D eigenvalue weighted by molar-refractivity contribution is 7.00. The Hall–Kier alpha value is -9.39. The summed E-state index contributed by atoms with van der Waals surface area (Å²) in [5.41, 5.74) is 21.8. The fourth-order valence-corrected chi connectivity index (χ4v) is 13.9. The maximum atomic E-state index is 5.98. The number of anilines is 6. The predicted octanol–water partition coefficient (Wildman–Crippen LogP) is 13.3. The lowest BCUT2D eigenvalue weighted by Gasteiger charge is -2.53. The van der Waals surface area contributed by atoms with Crippen molar-refractivity contribution < 1.29 is 0 Å². The summed E-state index contributed by atoms with van der Waals surface area (Å²) in [5.74, 6) is 0.